The fraction of sp³-hybridized carbons (Fsp3) is 0.905. The molecular formula is C21H42BN2O6P. The third-order valence-corrected chi connectivity index (χ3v) is 5.80. The van der Waals surface area contributed by atoms with Crippen molar-refractivity contribution in [2.24, 2.45) is 11.4 Å². The molecule has 0 spiro atoms. The van der Waals surface area contributed by atoms with E-state index in [9.17, 15) is 9.46 Å². The first kappa shape index (κ1) is 28.5. The molecule has 0 aromatic carbocycles. The number of hydrogen-bond acceptors (Lipinski definition) is 6. The maximum atomic E-state index is 11.4. The zero-order chi connectivity index (χ0) is 23.0. The largest absolute Gasteiger partial charge is 0.492 e. The minimum atomic E-state index is -4.28. The van der Waals surface area contributed by atoms with Gasteiger partial charge in [0.2, 0.25) is 0 Å². The Kier molecular flexibility index (Phi) is 15.6. The molecule has 8 nitrogen and oxygen atoms in total. The molecule has 5 N–H and O–H groups in total. The summed E-state index contributed by atoms with van der Waals surface area (Å²) in [6, 6.07) is -0.923. The van der Waals surface area contributed by atoms with Crippen LogP contribution < -0.4 is 11.4 Å². The van der Waals surface area contributed by atoms with Crippen LogP contribution in [0.1, 0.15) is 96.8 Å². The monoisotopic (exact) mass is 460 g/mol. The molecule has 2 unspecified atom stereocenters. The van der Waals surface area contributed by atoms with Crippen LogP contribution in [0.15, 0.2) is 11.5 Å². The second-order valence-corrected chi connectivity index (χ2v) is 9.52. The molecule has 1 aliphatic heterocycles. The molecule has 0 bridgehead atoms. The molecular weight excluding hydrogens is 418 g/mol. The lowest BCUT2D eigenvalue weighted by Gasteiger charge is -2.16. The minimum absolute atomic E-state index is 0.0309. The van der Waals surface area contributed by atoms with Gasteiger partial charge in [-0.3, -0.25) is 0 Å². The molecule has 2 radical (unpaired) electrons. The van der Waals surface area contributed by atoms with Crippen LogP contribution in [-0.4, -0.2) is 38.1 Å². The number of rotatable bonds is 20. The Morgan fingerprint density at radius 1 is 0.935 bits per heavy atom. The lowest BCUT2D eigenvalue weighted by molar-refractivity contribution is -0.00359. The van der Waals surface area contributed by atoms with Crippen LogP contribution in [0.5, 0.6) is 0 Å². The molecule has 0 amide bonds. The molecule has 0 aromatic rings. The molecule has 180 valence electrons. The van der Waals surface area contributed by atoms with Gasteiger partial charge in [0.25, 0.3) is 0 Å². The van der Waals surface area contributed by atoms with E-state index in [1.165, 1.54) is 70.6 Å². The van der Waals surface area contributed by atoms with E-state index in [1.807, 2.05) is 0 Å². The highest BCUT2D eigenvalue weighted by Gasteiger charge is 2.38. The van der Waals surface area contributed by atoms with Crippen molar-refractivity contribution in [2.75, 3.05) is 13.2 Å². The van der Waals surface area contributed by atoms with Gasteiger partial charge in [-0.1, -0.05) is 90.4 Å². The number of unbranched alkanes of at least 4 members (excludes halogenated alkanes) is 13. The zero-order valence-corrected chi connectivity index (χ0v) is 20.0. The van der Waals surface area contributed by atoms with Crippen LogP contribution >= 0.6 is 7.75 Å². The maximum absolute atomic E-state index is 11.4. The second kappa shape index (κ2) is 17.0. The van der Waals surface area contributed by atoms with E-state index in [2.05, 4.69) is 11.8 Å². The van der Waals surface area contributed by atoms with Crippen LogP contribution in [-0.2, 0) is 23.4 Å². The SMILES string of the molecule is [B]C1O[C@H](CON)C(OP(N)(=O)O)=C1OCCCCCCCCCCCCCCCC. The molecule has 1 heterocycles. The predicted octanol–water partition coefficient (Wildman–Crippen LogP) is 4.56. The smallest absolute Gasteiger partial charge is 0.453 e. The average molecular weight is 460 g/mol. The predicted molar refractivity (Wildman–Crippen MR) is 123 cm³/mol. The standard InChI is InChI=1S/C21H42BN2O6P/c1-2-3-4-5-6-7-8-9-10-11-12-13-14-15-16-27-20-19(30-31(24,25)26)18(17-28-23)29-21(20)22/h18,21H,2-17,23H2,1H3,(H3,24,25,26)/t18-,21?/m1/s1. The first-order chi connectivity index (χ1) is 14.9. The maximum Gasteiger partial charge on any atom is 0.453 e. The topological polar surface area (TPSA) is 126 Å². The summed E-state index contributed by atoms with van der Waals surface area (Å²) in [7, 11) is 1.59. The fourth-order valence-electron chi connectivity index (χ4n) is 3.68. The first-order valence-corrected chi connectivity index (χ1v) is 13.4. The highest BCUT2D eigenvalue weighted by Crippen LogP contribution is 2.41. The van der Waals surface area contributed by atoms with Crippen LogP contribution in [0.2, 0.25) is 0 Å². The summed E-state index contributed by atoms with van der Waals surface area (Å²) < 4.78 is 27.4. The van der Waals surface area contributed by atoms with Crippen LogP contribution in [0, 0.1) is 0 Å². The van der Waals surface area contributed by atoms with Crippen molar-refractivity contribution in [3.05, 3.63) is 11.5 Å². The van der Waals surface area contributed by atoms with Gasteiger partial charge in [-0.15, -0.1) is 0 Å². The summed E-state index contributed by atoms with van der Waals surface area (Å²) in [6.07, 6.45) is 17.0. The van der Waals surface area contributed by atoms with Gasteiger partial charge in [0.05, 0.1) is 12.6 Å². The lowest BCUT2D eigenvalue weighted by Crippen LogP contribution is -2.23. The van der Waals surface area contributed by atoms with E-state index in [0.29, 0.717) is 6.61 Å². The van der Waals surface area contributed by atoms with Crippen molar-refractivity contribution in [3.63, 3.8) is 0 Å². The molecule has 1 rings (SSSR count). The lowest BCUT2D eigenvalue weighted by atomic mass is 9.99. The van der Waals surface area contributed by atoms with E-state index in [-0.39, 0.29) is 18.1 Å². The molecule has 0 saturated heterocycles. The quantitative estimate of drug-likeness (QED) is 0.105. The van der Waals surface area contributed by atoms with E-state index in [4.69, 9.17) is 33.2 Å². The summed E-state index contributed by atoms with van der Waals surface area (Å²) in [5.74, 6) is 5.19. The van der Waals surface area contributed by atoms with Crippen molar-refractivity contribution >= 4 is 15.6 Å². The Labute approximate surface area is 189 Å². The van der Waals surface area contributed by atoms with E-state index < -0.39 is 19.9 Å². The Hall–Kier alpha value is -0.565. The molecule has 3 atom stereocenters. The van der Waals surface area contributed by atoms with Crippen LogP contribution in [0.25, 0.3) is 0 Å². The molecule has 31 heavy (non-hydrogen) atoms. The molecule has 10 heteroatoms. The number of nitrogens with two attached hydrogens (primary N) is 2. The minimum Gasteiger partial charge on any atom is -0.492 e. The summed E-state index contributed by atoms with van der Waals surface area (Å²) in [5.41, 5.74) is 5.10. The van der Waals surface area contributed by atoms with Crippen molar-refractivity contribution < 1.29 is 28.3 Å². The third-order valence-electron chi connectivity index (χ3n) is 5.34. The van der Waals surface area contributed by atoms with Crippen molar-refractivity contribution in [1.82, 2.24) is 0 Å². The van der Waals surface area contributed by atoms with Gasteiger partial charge in [-0.2, -0.15) is 0 Å². The summed E-state index contributed by atoms with van der Waals surface area (Å²) in [4.78, 5) is 13.9. The van der Waals surface area contributed by atoms with Crippen molar-refractivity contribution in [2.45, 2.75) is 109 Å². The Morgan fingerprint density at radius 2 is 1.42 bits per heavy atom. The van der Waals surface area contributed by atoms with E-state index in [0.717, 1.165) is 19.3 Å². The summed E-state index contributed by atoms with van der Waals surface area (Å²) >= 11 is 0. The molecule has 0 aromatic heterocycles. The summed E-state index contributed by atoms with van der Waals surface area (Å²) in [5, 5.41) is 0. The van der Waals surface area contributed by atoms with Crippen molar-refractivity contribution in [1.29, 1.82) is 0 Å². The van der Waals surface area contributed by atoms with Crippen LogP contribution in [0.4, 0.5) is 0 Å². The average Bonchev–Trinajstić information content (AvgIpc) is 2.98. The molecule has 0 fully saturated rings. The summed E-state index contributed by atoms with van der Waals surface area (Å²) in [6.45, 7) is 2.56. The second-order valence-electron chi connectivity index (χ2n) is 8.21. The van der Waals surface area contributed by atoms with E-state index >= 15 is 0 Å². The number of hydrogen-bond donors (Lipinski definition) is 3. The van der Waals surface area contributed by atoms with Gasteiger partial charge in [-0.05, 0) is 6.42 Å². The Bertz CT molecular complexity index is 546. The van der Waals surface area contributed by atoms with Gasteiger partial charge in [0, 0.05) is 0 Å². The van der Waals surface area contributed by atoms with E-state index in [1.54, 1.807) is 0 Å². The Balaban J connectivity index is 2.12. The number of ether oxygens (including phenoxy) is 2. The molecule has 1 aliphatic rings. The molecule has 0 saturated carbocycles. The highest BCUT2D eigenvalue weighted by atomic mass is 31.2. The van der Waals surface area contributed by atoms with Crippen molar-refractivity contribution in [3.8, 4) is 0 Å². The van der Waals surface area contributed by atoms with Gasteiger partial charge >= 0.3 is 7.75 Å². The van der Waals surface area contributed by atoms with Gasteiger partial charge in [-0.25, -0.2) is 16.0 Å². The first-order valence-electron chi connectivity index (χ1n) is 11.8. The highest BCUT2D eigenvalue weighted by molar-refractivity contribution is 7.50. The molecule has 0 aliphatic carbocycles. The van der Waals surface area contributed by atoms with Gasteiger partial charge < -0.3 is 23.7 Å². The van der Waals surface area contributed by atoms with Gasteiger partial charge in [0.15, 0.2) is 11.5 Å². The van der Waals surface area contributed by atoms with Gasteiger partial charge in [0.1, 0.15) is 20.6 Å². The fourth-order valence-corrected chi connectivity index (χ4v) is 4.17. The van der Waals surface area contributed by atoms with Crippen LogP contribution in [0.3, 0.4) is 0 Å². The Morgan fingerprint density at radius 3 is 1.87 bits per heavy atom. The third kappa shape index (κ3) is 13.6. The normalized spacial score (nSPS) is 20.8. The zero-order valence-electron chi connectivity index (χ0n) is 19.1.